The van der Waals surface area contributed by atoms with E-state index < -0.39 is 0 Å². The van der Waals surface area contributed by atoms with Crippen molar-refractivity contribution in [1.82, 2.24) is 15.6 Å². The van der Waals surface area contributed by atoms with Crippen molar-refractivity contribution in [2.45, 2.75) is 96.9 Å². The van der Waals surface area contributed by atoms with Crippen LogP contribution in [0.3, 0.4) is 0 Å². The molecule has 0 aliphatic heterocycles. The second-order valence-corrected chi connectivity index (χ2v) is 11.1. The summed E-state index contributed by atoms with van der Waals surface area (Å²) in [5.41, 5.74) is 1.10. The second kappa shape index (κ2) is 22.6. The molecule has 224 valence electrons. The van der Waals surface area contributed by atoms with Gasteiger partial charge in [0.2, 0.25) is 11.8 Å². The van der Waals surface area contributed by atoms with Crippen molar-refractivity contribution in [3.8, 4) is 0 Å². The molecule has 0 bridgehead atoms. The summed E-state index contributed by atoms with van der Waals surface area (Å²) in [6.45, 7) is 5.32. The number of hydrogen-bond donors (Lipinski definition) is 3. The fourth-order valence-electron chi connectivity index (χ4n) is 4.24. The highest BCUT2D eigenvalue weighted by Gasteiger charge is 2.22. The van der Waals surface area contributed by atoms with E-state index in [2.05, 4.69) is 102 Å². The van der Waals surface area contributed by atoms with Crippen molar-refractivity contribution in [2.24, 2.45) is 0 Å². The molecular weight excluding hydrogens is 528 g/mol. The summed E-state index contributed by atoms with van der Waals surface area (Å²) in [7, 11) is 0. The Morgan fingerprint density at radius 2 is 1.41 bits per heavy atom. The highest BCUT2D eigenvalue weighted by atomic mass is 32.1. The minimum Gasteiger partial charge on any atom is -0.347 e. The highest BCUT2D eigenvalue weighted by Crippen LogP contribution is 2.29. The molecule has 2 amide bonds. The molecule has 1 heterocycles. The molecule has 1 aliphatic rings. The fraction of sp³-hybridized carbons (Fsp3) is 0.500. The highest BCUT2D eigenvalue weighted by molar-refractivity contribution is 7.15. The van der Waals surface area contributed by atoms with Crippen LogP contribution >= 0.6 is 11.3 Å². The average Bonchev–Trinajstić information content (AvgIpc) is 3.37. The Morgan fingerprint density at radius 3 is 2.00 bits per heavy atom. The van der Waals surface area contributed by atoms with Gasteiger partial charge in [-0.1, -0.05) is 86.8 Å². The first kappa shape index (κ1) is 34.2. The largest absolute Gasteiger partial charge is 0.347 e. The van der Waals surface area contributed by atoms with Gasteiger partial charge in [0, 0.05) is 17.3 Å². The molecule has 2 rings (SSSR count). The second-order valence-electron chi connectivity index (χ2n) is 10.1. The molecule has 1 atom stereocenters. The Bertz CT molecular complexity index is 1060. The molecular formula is C34H50N4O2S. The van der Waals surface area contributed by atoms with E-state index in [1.54, 1.807) is 11.3 Å². The van der Waals surface area contributed by atoms with Crippen molar-refractivity contribution in [2.75, 3.05) is 18.4 Å². The van der Waals surface area contributed by atoms with Crippen LogP contribution in [-0.2, 0) is 22.4 Å². The topological polar surface area (TPSA) is 83.1 Å². The number of hydrogen-bond acceptors (Lipinski definition) is 5. The van der Waals surface area contributed by atoms with E-state index in [0.717, 1.165) is 76.4 Å². The van der Waals surface area contributed by atoms with Gasteiger partial charge in [-0.05, 0) is 77.2 Å². The number of allylic oxidation sites excluding steroid dienone is 12. The lowest BCUT2D eigenvalue weighted by Crippen LogP contribution is -2.34. The molecule has 1 aromatic heterocycles. The van der Waals surface area contributed by atoms with Gasteiger partial charge in [0.15, 0.2) is 5.13 Å². The average molecular weight is 579 g/mol. The van der Waals surface area contributed by atoms with Crippen LogP contribution in [0.4, 0.5) is 5.13 Å². The number of thiazole rings is 1. The number of carbonyl (C=O) groups is 2. The maximum atomic E-state index is 12.3. The molecule has 6 nitrogen and oxygen atoms in total. The maximum absolute atomic E-state index is 12.3. The molecule has 0 radical (unpaired) electrons. The van der Waals surface area contributed by atoms with E-state index in [0.29, 0.717) is 24.0 Å². The van der Waals surface area contributed by atoms with Gasteiger partial charge in [-0.3, -0.25) is 9.59 Å². The lowest BCUT2D eigenvalue weighted by atomic mass is 9.98. The first-order valence-electron chi connectivity index (χ1n) is 15.3. The third-order valence-electron chi connectivity index (χ3n) is 6.45. The number of fused-ring (bicyclic) bond motifs is 1. The van der Waals surface area contributed by atoms with Crippen molar-refractivity contribution in [3.05, 3.63) is 83.5 Å². The Labute approximate surface area is 251 Å². The van der Waals surface area contributed by atoms with Crippen molar-refractivity contribution in [1.29, 1.82) is 0 Å². The normalized spacial score (nSPS) is 15.8. The molecule has 1 aromatic rings. The number of nitrogens with one attached hydrogen (secondary N) is 3. The standard InChI is InChI=1S/C34H50N4O2S/c1-3-5-6-7-8-9-10-11-12-13-14-15-16-17-18-19-20-21-22-23-32(39)36-28-33(40)38-34-37-30-25-24-29(35-26-4-2)27-31(30)41-34/h5-6,8-9,11-12,14-15,17-18,20-21,29,35H,3-4,7,10,13,16,19,22-28H2,1-2H3,(H,36,39)(H,37,38,40)/b6-5-,9-8-,12-11-,15-14-,18-17-,21-20-. The predicted molar refractivity (Wildman–Crippen MR) is 175 cm³/mol. The Kier molecular flexibility index (Phi) is 18.9. The monoisotopic (exact) mass is 578 g/mol. The summed E-state index contributed by atoms with van der Waals surface area (Å²) in [5, 5.41) is 9.75. The zero-order valence-electron chi connectivity index (χ0n) is 25.1. The van der Waals surface area contributed by atoms with Gasteiger partial charge < -0.3 is 16.0 Å². The van der Waals surface area contributed by atoms with Crippen LogP contribution in [0.5, 0.6) is 0 Å². The molecule has 1 unspecified atom stereocenters. The van der Waals surface area contributed by atoms with E-state index in [1.165, 1.54) is 4.88 Å². The molecule has 0 saturated carbocycles. The fourth-order valence-corrected chi connectivity index (χ4v) is 5.34. The molecule has 3 N–H and O–H groups in total. The van der Waals surface area contributed by atoms with Crippen LogP contribution in [0.2, 0.25) is 0 Å². The van der Waals surface area contributed by atoms with Crippen LogP contribution in [-0.4, -0.2) is 35.9 Å². The molecule has 0 saturated heterocycles. The first-order valence-corrected chi connectivity index (χ1v) is 16.1. The van der Waals surface area contributed by atoms with Crippen molar-refractivity contribution >= 4 is 28.3 Å². The van der Waals surface area contributed by atoms with Gasteiger partial charge in [0.1, 0.15) is 0 Å². The zero-order chi connectivity index (χ0) is 29.4. The number of carbonyl (C=O) groups excluding carboxylic acids is 2. The third-order valence-corrected chi connectivity index (χ3v) is 7.49. The third kappa shape index (κ3) is 16.7. The summed E-state index contributed by atoms with van der Waals surface area (Å²) in [6.07, 6.45) is 37.0. The van der Waals surface area contributed by atoms with Crippen LogP contribution in [0, 0.1) is 0 Å². The van der Waals surface area contributed by atoms with Gasteiger partial charge in [0.05, 0.1) is 12.2 Å². The van der Waals surface area contributed by atoms with Gasteiger partial charge in [-0.25, -0.2) is 4.98 Å². The predicted octanol–water partition coefficient (Wildman–Crippen LogP) is 7.53. The number of amides is 2. The van der Waals surface area contributed by atoms with Gasteiger partial charge >= 0.3 is 0 Å². The van der Waals surface area contributed by atoms with E-state index >= 15 is 0 Å². The van der Waals surface area contributed by atoms with Gasteiger partial charge in [-0.2, -0.15) is 0 Å². The van der Waals surface area contributed by atoms with E-state index in [1.807, 2.05) is 6.08 Å². The summed E-state index contributed by atoms with van der Waals surface area (Å²) >= 11 is 1.55. The smallest absolute Gasteiger partial charge is 0.245 e. The minimum atomic E-state index is -0.237. The van der Waals surface area contributed by atoms with Gasteiger partial charge in [0.25, 0.3) is 0 Å². The summed E-state index contributed by atoms with van der Waals surface area (Å²) in [5.74, 6) is -0.359. The molecule has 0 spiro atoms. The minimum absolute atomic E-state index is 0.0342. The number of rotatable bonds is 20. The number of anilines is 1. The van der Waals surface area contributed by atoms with Crippen LogP contribution in [0.1, 0.15) is 88.6 Å². The SMILES string of the molecule is CC/C=C\C/C=C\C/C=C\C/C=C\C/C=C\C/C=C\CCC(=O)NCC(=O)Nc1nc2c(s1)CC(NCCC)CC2. The Balaban J connectivity index is 1.48. The molecule has 7 heteroatoms. The lowest BCUT2D eigenvalue weighted by Gasteiger charge is -2.21. The van der Waals surface area contributed by atoms with E-state index in [4.69, 9.17) is 0 Å². The molecule has 1 aliphatic carbocycles. The first-order chi connectivity index (χ1) is 20.1. The molecule has 41 heavy (non-hydrogen) atoms. The molecule has 0 aromatic carbocycles. The van der Waals surface area contributed by atoms with Crippen LogP contribution < -0.4 is 16.0 Å². The van der Waals surface area contributed by atoms with Crippen molar-refractivity contribution < 1.29 is 9.59 Å². The maximum Gasteiger partial charge on any atom is 0.245 e. The van der Waals surface area contributed by atoms with Gasteiger partial charge in [-0.15, -0.1) is 11.3 Å². The van der Waals surface area contributed by atoms with Crippen LogP contribution in [0.25, 0.3) is 0 Å². The summed E-state index contributed by atoms with van der Waals surface area (Å²) < 4.78 is 0. The number of nitrogens with zero attached hydrogens (tertiary/aromatic N) is 1. The van der Waals surface area contributed by atoms with Crippen LogP contribution in [0.15, 0.2) is 72.9 Å². The van der Waals surface area contributed by atoms with E-state index in [-0.39, 0.29) is 18.4 Å². The zero-order valence-corrected chi connectivity index (χ0v) is 25.9. The Hall–Kier alpha value is -3.03. The molecule has 0 fully saturated rings. The lowest BCUT2D eigenvalue weighted by molar-refractivity contribution is -0.124. The Morgan fingerprint density at radius 1 is 0.829 bits per heavy atom. The summed E-state index contributed by atoms with van der Waals surface area (Å²) in [6, 6.07) is 0.492. The quantitative estimate of drug-likeness (QED) is 0.140. The summed E-state index contributed by atoms with van der Waals surface area (Å²) in [4.78, 5) is 30.2. The van der Waals surface area contributed by atoms with Crippen molar-refractivity contribution in [3.63, 3.8) is 0 Å². The van der Waals surface area contributed by atoms with E-state index in [9.17, 15) is 9.59 Å². The number of aromatic nitrogens is 1. The number of aryl methyl sites for hydroxylation is 1.